The van der Waals surface area contributed by atoms with E-state index in [0.717, 1.165) is 10.0 Å². The van der Waals surface area contributed by atoms with Crippen molar-refractivity contribution in [3.63, 3.8) is 0 Å². The molecule has 0 aliphatic carbocycles. The van der Waals surface area contributed by atoms with Crippen LogP contribution in [0.4, 0.5) is 5.69 Å². The highest BCUT2D eigenvalue weighted by molar-refractivity contribution is 9.10. The van der Waals surface area contributed by atoms with E-state index in [1.807, 2.05) is 31.2 Å². The Morgan fingerprint density at radius 1 is 1.45 bits per heavy atom. The first-order chi connectivity index (χ1) is 9.54. The van der Waals surface area contributed by atoms with Crippen LogP contribution in [0.1, 0.15) is 28.7 Å². The van der Waals surface area contributed by atoms with Crippen molar-refractivity contribution in [2.24, 2.45) is 0 Å². The molecule has 6 heteroatoms. The van der Waals surface area contributed by atoms with E-state index < -0.39 is 0 Å². The molecule has 0 radical (unpaired) electrons. The van der Waals surface area contributed by atoms with Crippen molar-refractivity contribution in [3.05, 3.63) is 45.7 Å². The molecular weight excluding hydrogens is 320 g/mol. The van der Waals surface area contributed by atoms with Crippen molar-refractivity contribution in [2.45, 2.75) is 26.9 Å². The number of carbonyl (C=O) groups excluding carboxylic acids is 1. The van der Waals surface area contributed by atoms with Crippen LogP contribution in [0.2, 0.25) is 0 Å². The predicted octanol–water partition coefficient (Wildman–Crippen LogP) is 2.49. The molecule has 0 spiro atoms. The summed E-state index contributed by atoms with van der Waals surface area (Å²) < 4.78 is 2.59. The van der Waals surface area contributed by atoms with Crippen LogP contribution in [0.3, 0.4) is 0 Å². The van der Waals surface area contributed by atoms with Crippen LogP contribution < -0.4 is 11.1 Å². The van der Waals surface area contributed by atoms with Gasteiger partial charge < -0.3 is 11.1 Å². The fourth-order valence-electron chi connectivity index (χ4n) is 1.96. The second-order valence-corrected chi connectivity index (χ2v) is 5.29. The van der Waals surface area contributed by atoms with E-state index in [-0.39, 0.29) is 5.91 Å². The molecule has 0 saturated heterocycles. The van der Waals surface area contributed by atoms with Gasteiger partial charge in [0.2, 0.25) is 0 Å². The maximum Gasteiger partial charge on any atom is 0.271 e. The van der Waals surface area contributed by atoms with E-state index in [1.165, 1.54) is 0 Å². The van der Waals surface area contributed by atoms with E-state index in [0.29, 0.717) is 30.2 Å². The molecule has 2 rings (SSSR count). The Morgan fingerprint density at radius 2 is 2.15 bits per heavy atom. The summed E-state index contributed by atoms with van der Waals surface area (Å²) in [7, 11) is 0. The molecule has 2 aromatic rings. The second kappa shape index (κ2) is 6.09. The standard InChI is InChI=1S/C14H17BrN4O/c1-3-19-13(12(16)9(2)18-19)14(20)17-8-10-6-4-5-7-11(10)15/h4-7H,3,8,16H2,1-2H3,(H,17,20). The highest BCUT2D eigenvalue weighted by Gasteiger charge is 2.18. The Bertz CT molecular complexity index is 636. The predicted molar refractivity (Wildman–Crippen MR) is 82.4 cm³/mol. The van der Waals surface area contributed by atoms with Crippen LogP contribution in [0.5, 0.6) is 0 Å². The number of anilines is 1. The van der Waals surface area contributed by atoms with E-state index in [2.05, 4.69) is 26.3 Å². The fourth-order valence-corrected chi connectivity index (χ4v) is 2.39. The second-order valence-electron chi connectivity index (χ2n) is 4.44. The molecule has 1 heterocycles. The van der Waals surface area contributed by atoms with Gasteiger partial charge in [0.05, 0.1) is 11.4 Å². The molecule has 0 unspecified atom stereocenters. The number of nitrogens with one attached hydrogen (secondary N) is 1. The number of benzene rings is 1. The van der Waals surface area contributed by atoms with Gasteiger partial charge in [0.1, 0.15) is 5.69 Å². The Labute approximate surface area is 126 Å². The van der Waals surface area contributed by atoms with Gasteiger partial charge in [-0.1, -0.05) is 34.1 Å². The van der Waals surface area contributed by atoms with Crippen LogP contribution >= 0.6 is 15.9 Å². The number of carbonyl (C=O) groups is 1. The lowest BCUT2D eigenvalue weighted by Crippen LogP contribution is -2.26. The summed E-state index contributed by atoms with van der Waals surface area (Å²) in [5.74, 6) is -0.208. The number of hydrogen-bond acceptors (Lipinski definition) is 3. The highest BCUT2D eigenvalue weighted by Crippen LogP contribution is 2.18. The lowest BCUT2D eigenvalue weighted by molar-refractivity contribution is 0.0941. The summed E-state index contributed by atoms with van der Waals surface area (Å²) in [5, 5.41) is 7.12. The first kappa shape index (κ1) is 14.6. The van der Waals surface area contributed by atoms with Crippen molar-refractivity contribution in [2.75, 3.05) is 5.73 Å². The largest absolute Gasteiger partial charge is 0.395 e. The van der Waals surface area contributed by atoms with Crippen molar-refractivity contribution >= 4 is 27.5 Å². The van der Waals surface area contributed by atoms with Gasteiger partial charge in [0.25, 0.3) is 5.91 Å². The number of rotatable bonds is 4. The van der Waals surface area contributed by atoms with Crippen molar-refractivity contribution in [1.82, 2.24) is 15.1 Å². The summed E-state index contributed by atoms with van der Waals surface area (Å²) in [6.07, 6.45) is 0. The van der Waals surface area contributed by atoms with Crippen molar-refractivity contribution in [3.8, 4) is 0 Å². The van der Waals surface area contributed by atoms with E-state index in [4.69, 9.17) is 5.73 Å². The molecule has 0 aliphatic rings. The summed E-state index contributed by atoms with van der Waals surface area (Å²) >= 11 is 3.46. The van der Waals surface area contributed by atoms with E-state index in [9.17, 15) is 4.79 Å². The number of nitrogens with two attached hydrogens (primary N) is 1. The van der Waals surface area contributed by atoms with Gasteiger partial charge in [0.15, 0.2) is 0 Å². The minimum atomic E-state index is -0.208. The molecule has 0 aliphatic heterocycles. The van der Waals surface area contributed by atoms with Crippen LogP contribution in [0, 0.1) is 6.92 Å². The van der Waals surface area contributed by atoms with Crippen molar-refractivity contribution in [1.29, 1.82) is 0 Å². The molecule has 1 aromatic heterocycles. The lowest BCUT2D eigenvalue weighted by atomic mass is 10.2. The lowest BCUT2D eigenvalue weighted by Gasteiger charge is -2.09. The highest BCUT2D eigenvalue weighted by atomic mass is 79.9. The fraction of sp³-hybridized carbons (Fsp3) is 0.286. The van der Waals surface area contributed by atoms with Crippen LogP contribution in [0.15, 0.2) is 28.7 Å². The number of aromatic nitrogens is 2. The smallest absolute Gasteiger partial charge is 0.271 e. The number of aryl methyl sites for hydroxylation is 2. The third-order valence-electron chi connectivity index (χ3n) is 3.09. The minimum absolute atomic E-state index is 0.208. The topological polar surface area (TPSA) is 72.9 Å². The summed E-state index contributed by atoms with van der Waals surface area (Å²) in [6, 6.07) is 7.76. The first-order valence-corrected chi connectivity index (χ1v) is 7.18. The molecule has 0 fully saturated rings. The van der Waals surface area contributed by atoms with Crippen molar-refractivity contribution < 1.29 is 4.79 Å². The normalized spacial score (nSPS) is 10.6. The number of nitrogens with zero attached hydrogens (tertiary/aromatic N) is 2. The average molecular weight is 337 g/mol. The zero-order valence-corrected chi connectivity index (χ0v) is 13.1. The Kier molecular flexibility index (Phi) is 4.44. The minimum Gasteiger partial charge on any atom is -0.395 e. The van der Waals surface area contributed by atoms with E-state index in [1.54, 1.807) is 11.6 Å². The molecule has 0 saturated carbocycles. The zero-order chi connectivity index (χ0) is 14.7. The monoisotopic (exact) mass is 336 g/mol. The number of amides is 1. The van der Waals surface area contributed by atoms with Crippen LogP contribution in [0.25, 0.3) is 0 Å². The van der Waals surface area contributed by atoms with Gasteiger partial charge in [-0.3, -0.25) is 9.48 Å². The Morgan fingerprint density at radius 3 is 2.80 bits per heavy atom. The first-order valence-electron chi connectivity index (χ1n) is 6.39. The molecule has 0 atom stereocenters. The number of nitrogen functional groups attached to an aromatic ring is 1. The average Bonchev–Trinajstić information content (AvgIpc) is 2.73. The van der Waals surface area contributed by atoms with E-state index >= 15 is 0 Å². The number of halogens is 1. The molecule has 1 aromatic carbocycles. The van der Waals surface area contributed by atoms with Gasteiger partial charge in [-0.2, -0.15) is 5.10 Å². The SMILES string of the molecule is CCn1nc(C)c(N)c1C(=O)NCc1ccccc1Br. The molecule has 5 nitrogen and oxygen atoms in total. The maximum absolute atomic E-state index is 12.3. The Hall–Kier alpha value is -1.82. The van der Waals surface area contributed by atoms with Gasteiger partial charge in [0, 0.05) is 17.6 Å². The Balaban J connectivity index is 2.15. The molecule has 1 amide bonds. The van der Waals surface area contributed by atoms with Crippen LogP contribution in [-0.2, 0) is 13.1 Å². The molecular formula is C14H17BrN4O. The number of hydrogen-bond donors (Lipinski definition) is 2. The molecule has 0 bridgehead atoms. The summed E-state index contributed by atoms with van der Waals surface area (Å²) in [6.45, 7) is 4.77. The van der Waals surface area contributed by atoms with Gasteiger partial charge >= 0.3 is 0 Å². The third-order valence-corrected chi connectivity index (χ3v) is 3.86. The molecule has 106 valence electrons. The summed E-state index contributed by atoms with van der Waals surface area (Å²) in [4.78, 5) is 12.3. The zero-order valence-electron chi connectivity index (χ0n) is 11.5. The van der Waals surface area contributed by atoms with Gasteiger partial charge in [-0.05, 0) is 25.5 Å². The summed E-state index contributed by atoms with van der Waals surface area (Å²) in [5.41, 5.74) is 8.49. The van der Waals surface area contributed by atoms with Crippen LogP contribution in [-0.4, -0.2) is 15.7 Å². The molecule has 20 heavy (non-hydrogen) atoms. The maximum atomic E-state index is 12.3. The van der Waals surface area contributed by atoms with Gasteiger partial charge in [-0.15, -0.1) is 0 Å². The quantitative estimate of drug-likeness (QED) is 0.900. The van der Waals surface area contributed by atoms with Gasteiger partial charge in [-0.25, -0.2) is 0 Å². The third kappa shape index (κ3) is 2.85. The molecule has 3 N–H and O–H groups in total.